The van der Waals surface area contributed by atoms with Crippen molar-refractivity contribution in [2.24, 2.45) is 0 Å². The van der Waals surface area contributed by atoms with Crippen LogP contribution in [0.2, 0.25) is 0 Å². The molecule has 1 N–H and O–H groups in total. The molecular formula is C19H18N2O4S. The standard InChI is InChI=1S/C19H18N2O4S/c1-3-20-15(17(22)21(4-2)19(20)26)11-14-9-10-16(25-14)12-5-7-13(8-6-12)18(23)24/h5-11H,3-4H2,1-2H3,(H,23,24). The second kappa shape index (κ2) is 7.13. The summed E-state index contributed by atoms with van der Waals surface area (Å²) in [6.45, 7) is 4.93. The first kappa shape index (κ1) is 17.9. The van der Waals surface area contributed by atoms with E-state index in [1.165, 1.54) is 12.1 Å². The number of hydrogen-bond acceptors (Lipinski definition) is 4. The summed E-state index contributed by atoms with van der Waals surface area (Å²) in [5.41, 5.74) is 1.46. The maximum absolute atomic E-state index is 12.5. The Bertz CT molecular complexity index is 899. The number of carboxylic acids is 1. The molecule has 0 aliphatic carbocycles. The third-order valence-electron chi connectivity index (χ3n) is 4.17. The van der Waals surface area contributed by atoms with Gasteiger partial charge in [0.2, 0.25) is 0 Å². The first-order chi connectivity index (χ1) is 12.5. The van der Waals surface area contributed by atoms with Crippen LogP contribution in [0.4, 0.5) is 0 Å². The van der Waals surface area contributed by atoms with Crippen molar-refractivity contribution < 1.29 is 19.1 Å². The van der Waals surface area contributed by atoms with Crippen LogP contribution in [0.15, 0.2) is 46.5 Å². The Morgan fingerprint density at radius 2 is 1.77 bits per heavy atom. The smallest absolute Gasteiger partial charge is 0.335 e. The zero-order valence-corrected chi connectivity index (χ0v) is 15.2. The van der Waals surface area contributed by atoms with Crippen LogP contribution in [0.25, 0.3) is 17.4 Å². The number of benzene rings is 1. The number of likely N-dealkylation sites (N-methyl/N-ethyl adjacent to an activating group) is 2. The second-order valence-electron chi connectivity index (χ2n) is 5.69. The van der Waals surface area contributed by atoms with Gasteiger partial charge in [-0.25, -0.2) is 4.79 Å². The highest BCUT2D eigenvalue weighted by molar-refractivity contribution is 7.80. The van der Waals surface area contributed by atoms with Crippen LogP contribution in [0, 0.1) is 0 Å². The van der Waals surface area contributed by atoms with E-state index in [0.29, 0.717) is 35.4 Å². The molecule has 1 aromatic carbocycles. The number of carbonyl (C=O) groups is 2. The van der Waals surface area contributed by atoms with E-state index in [1.807, 2.05) is 13.8 Å². The number of hydrogen-bond donors (Lipinski definition) is 1. The van der Waals surface area contributed by atoms with Gasteiger partial charge in [-0.1, -0.05) is 12.1 Å². The van der Waals surface area contributed by atoms with Crippen molar-refractivity contribution in [2.45, 2.75) is 13.8 Å². The molecule has 1 aromatic heterocycles. The van der Waals surface area contributed by atoms with Crippen LogP contribution in [-0.2, 0) is 4.79 Å². The summed E-state index contributed by atoms with van der Waals surface area (Å²) < 4.78 is 5.81. The van der Waals surface area contributed by atoms with Gasteiger partial charge in [0.15, 0.2) is 5.11 Å². The van der Waals surface area contributed by atoms with E-state index in [1.54, 1.807) is 40.1 Å². The number of carbonyl (C=O) groups excluding carboxylic acids is 1. The number of aromatic carboxylic acids is 1. The van der Waals surface area contributed by atoms with Gasteiger partial charge in [0.05, 0.1) is 5.56 Å². The molecule has 1 aliphatic rings. The molecule has 0 radical (unpaired) electrons. The lowest BCUT2D eigenvalue weighted by atomic mass is 10.1. The van der Waals surface area contributed by atoms with Crippen molar-refractivity contribution in [1.29, 1.82) is 0 Å². The van der Waals surface area contributed by atoms with E-state index >= 15 is 0 Å². The molecule has 7 heteroatoms. The SMILES string of the molecule is CCN1C(=O)C(=Cc2ccc(-c3ccc(C(=O)O)cc3)o2)N(CC)C1=S. The van der Waals surface area contributed by atoms with Crippen molar-refractivity contribution in [3.05, 3.63) is 53.4 Å². The predicted octanol–water partition coefficient (Wildman–Crippen LogP) is 3.45. The zero-order valence-electron chi connectivity index (χ0n) is 14.4. The number of carboxylic acid groups (broad SMARTS) is 1. The number of furan rings is 1. The molecule has 1 fully saturated rings. The van der Waals surface area contributed by atoms with Crippen molar-refractivity contribution >= 4 is 35.3 Å². The Hall–Kier alpha value is -2.93. The van der Waals surface area contributed by atoms with Crippen LogP contribution in [-0.4, -0.2) is 45.0 Å². The van der Waals surface area contributed by atoms with E-state index < -0.39 is 5.97 Å². The predicted molar refractivity (Wildman–Crippen MR) is 101 cm³/mol. The number of rotatable bonds is 5. The van der Waals surface area contributed by atoms with Crippen LogP contribution < -0.4 is 0 Å². The fraction of sp³-hybridized carbons (Fsp3) is 0.211. The molecule has 1 saturated heterocycles. The third-order valence-corrected chi connectivity index (χ3v) is 4.61. The largest absolute Gasteiger partial charge is 0.478 e. The molecule has 2 aromatic rings. The number of nitrogens with zero attached hydrogens (tertiary/aromatic N) is 2. The minimum atomic E-state index is -0.975. The molecule has 0 atom stereocenters. The van der Waals surface area contributed by atoms with Gasteiger partial charge in [-0.05, 0) is 50.3 Å². The fourth-order valence-corrected chi connectivity index (χ4v) is 3.25. The van der Waals surface area contributed by atoms with Gasteiger partial charge in [-0.15, -0.1) is 0 Å². The average Bonchev–Trinajstić information content (AvgIpc) is 3.18. The van der Waals surface area contributed by atoms with Gasteiger partial charge < -0.3 is 14.4 Å². The minimum Gasteiger partial charge on any atom is -0.478 e. The monoisotopic (exact) mass is 370 g/mol. The fourth-order valence-electron chi connectivity index (χ4n) is 2.81. The summed E-state index contributed by atoms with van der Waals surface area (Å²) in [4.78, 5) is 26.8. The molecular weight excluding hydrogens is 352 g/mol. The number of amides is 1. The molecule has 2 heterocycles. The van der Waals surface area contributed by atoms with E-state index in [2.05, 4.69) is 0 Å². The Morgan fingerprint density at radius 3 is 2.35 bits per heavy atom. The van der Waals surface area contributed by atoms with Gasteiger partial charge in [-0.2, -0.15) is 0 Å². The van der Waals surface area contributed by atoms with Gasteiger partial charge >= 0.3 is 5.97 Å². The highest BCUT2D eigenvalue weighted by atomic mass is 32.1. The maximum Gasteiger partial charge on any atom is 0.335 e. The second-order valence-corrected chi connectivity index (χ2v) is 6.06. The molecule has 1 amide bonds. The van der Waals surface area contributed by atoms with Crippen molar-refractivity contribution in [1.82, 2.24) is 9.80 Å². The minimum absolute atomic E-state index is 0.136. The summed E-state index contributed by atoms with van der Waals surface area (Å²) in [5.74, 6) is 0.0162. The lowest BCUT2D eigenvalue weighted by Gasteiger charge is -2.16. The first-order valence-corrected chi connectivity index (χ1v) is 8.65. The lowest BCUT2D eigenvalue weighted by molar-refractivity contribution is -0.122. The molecule has 0 bridgehead atoms. The van der Waals surface area contributed by atoms with Crippen molar-refractivity contribution in [3.63, 3.8) is 0 Å². The molecule has 134 valence electrons. The first-order valence-electron chi connectivity index (χ1n) is 8.24. The Morgan fingerprint density at radius 1 is 1.12 bits per heavy atom. The third kappa shape index (κ3) is 3.13. The molecule has 0 spiro atoms. The lowest BCUT2D eigenvalue weighted by Crippen LogP contribution is -2.32. The average molecular weight is 370 g/mol. The molecule has 0 unspecified atom stereocenters. The Balaban J connectivity index is 1.90. The quantitative estimate of drug-likeness (QED) is 0.642. The van der Waals surface area contributed by atoms with E-state index in [9.17, 15) is 9.59 Å². The van der Waals surface area contributed by atoms with Crippen molar-refractivity contribution in [2.75, 3.05) is 13.1 Å². The Labute approximate surface area is 156 Å². The highest BCUT2D eigenvalue weighted by Crippen LogP contribution is 2.27. The van der Waals surface area contributed by atoms with Crippen molar-refractivity contribution in [3.8, 4) is 11.3 Å². The summed E-state index contributed by atoms with van der Waals surface area (Å²) >= 11 is 5.36. The normalized spacial score (nSPS) is 16.0. The van der Waals surface area contributed by atoms with Gasteiger partial charge in [0, 0.05) is 24.7 Å². The molecule has 26 heavy (non-hydrogen) atoms. The number of thiocarbonyl (C=S) groups is 1. The van der Waals surface area contributed by atoms with Crippen LogP contribution in [0.5, 0.6) is 0 Å². The van der Waals surface area contributed by atoms with E-state index in [-0.39, 0.29) is 11.5 Å². The molecule has 6 nitrogen and oxygen atoms in total. The van der Waals surface area contributed by atoms with Crippen LogP contribution in [0.3, 0.4) is 0 Å². The zero-order chi connectivity index (χ0) is 18.8. The maximum atomic E-state index is 12.5. The summed E-state index contributed by atoms with van der Waals surface area (Å²) in [5, 5.41) is 9.47. The van der Waals surface area contributed by atoms with Crippen LogP contribution in [0.1, 0.15) is 30.0 Å². The topological polar surface area (TPSA) is 74.0 Å². The van der Waals surface area contributed by atoms with E-state index in [0.717, 1.165) is 5.56 Å². The summed E-state index contributed by atoms with van der Waals surface area (Å²) in [6, 6.07) is 9.98. The Kier molecular flexibility index (Phi) is 4.90. The van der Waals surface area contributed by atoms with Crippen LogP contribution >= 0.6 is 12.2 Å². The molecule has 1 aliphatic heterocycles. The van der Waals surface area contributed by atoms with Gasteiger partial charge in [0.25, 0.3) is 5.91 Å². The summed E-state index contributed by atoms with van der Waals surface area (Å²) in [7, 11) is 0. The van der Waals surface area contributed by atoms with Gasteiger partial charge in [0.1, 0.15) is 17.2 Å². The highest BCUT2D eigenvalue weighted by Gasteiger charge is 2.36. The summed E-state index contributed by atoms with van der Waals surface area (Å²) in [6.07, 6.45) is 1.68. The molecule has 3 rings (SSSR count). The van der Waals surface area contributed by atoms with Gasteiger partial charge in [-0.3, -0.25) is 9.69 Å². The molecule has 0 saturated carbocycles. The van der Waals surface area contributed by atoms with E-state index in [4.69, 9.17) is 21.7 Å².